The summed E-state index contributed by atoms with van der Waals surface area (Å²) in [7, 11) is 0. The minimum absolute atomic E-state index is 0.0575. The van der Waals surface area contributed by atoms with Gasteiger partial charge in [0.15, 0.2) is 0 Å². The number of rotatable bonds is 10. The second kappa shape index (κ2) is 11.2. The summed E-state index contributed by atoms with van der Waals surface area (Å²) in [6.45, 7) is 9.94. The lowest BCUT2D eigenvalue weighted by Gasteiger charge is -2.39. The van der Waals surface area contributed by atoms with Crippen molar-refractivity contribution >= 4 is 23.4 Å². The van der Waals surface area contributed by atoms with Crippen molar-refractivity contribution in [3.8, 4) is 0 Å². The Morgan fingerprint density at radius 1 is 1.10 bits per heavy atom. The minimum Gasteiger partial charge on any atom is -0.394 e. The molecule has 1 spiro atoms. The lowest BCUT2D eigenvalue weighted by molar-refractivity contribution is -0.150. The van der Waals surface area contributed by atoms with Gasteiger partial charge in [-0.2, -0.15) is 0 Å². The van der Waals surface area contributed by atoms with Gasteiger partial charge in [-0.15, -0.1) is 0 Å². The number of likely N-dealkylation sites (tertiary alicyclic amines) is 1. The molecule has 3 aliphatic rings. The molecule has 8 nitrogen and oxygen atoms in total. The molecular weight excluding hydrogens is 518 g/mol. The number of carbonyl (C=O) groups excluding carboxylic acids is 3. The number of nitrogens with one attached hydrogen (secondary N) is 2. The van der Waals surface area contributed by atoms with Crippen LogP contribution in [0.5, 0.6) is 0 Å². The third kappa shape index (κ3) is 4.75. The normalized spacial score (nSPS) is 29.8. The average Bonchev–Trinajstić information content (AvgIpc) is 3.58. The van der Waals surface area contributed by atoms with Gasteiger partial charge in [0.1, 0.15) is 11.6 Å². The number of aliphatic hydroxyl groups is 1. The number of nitrogens with zero attached hydrogens (tertiary/aromatic N) is 1. The molecule has 8 heteroatoms. The summed E-state index contributed by atoms with van der Waals surface area (Å²) in [6.07, 6.45) is 2.37. The van der Waals surface area contributed by atoms with Gasteiger partial charge in [0.05, 0.1) is 30.1 Å². The highest BCUT2D eigenvalue weighted by atomic mass is 16.5. The summed E-state index contributed by atoms with van der Waals surface area (Å²) < 4.78 is 6.87. The predicted octanol–water partition coefficient (Wildman–Crippen LogP) is 4.12. The van der Waals surface area contributed by atoms with Crippen LogP contribution in [-0.4, -0.2) is 57.6 Å². The van der Waals surface area contributed by atoms with Crippen LogP contribution in [0.3, 0.4) is 0 Å². The lowest BCUT2D eigenvalue weighted by atomic mass is 9.65. The maximum atomic E-state index is 14.5. The minimum atomic E-state index is -1.15. The van der Waals surface area contributed by atoms with Gasteiger partial charge in [-0.05, 0) is 61.8 Å². The van der Waals surface area contributed by atoms with E-state index in [1.807, 2.05) is 83.1 Å². The Balaban J connectivity index is 1.55. The number of aliphatic hydroxyl groups excluding tert-OH is 1. The highest BCUT2D eigenvalue weighted by molar-refractivity contribution is 6.04. The number of hydrogen-bond donors (Lipinski definition) is 3. The number of amides is 3. The van der Waals surface area contributed by atoms with Crippen LogP contribution in [0.2, 0.25) is 0 Å². The zero-order valence-electron chi connectivity index (χ0n) is 24.8. The molecule has 2 aromatic rings. The SMILES string of the molecule is CC[C@H](C)[C@H](CO)N1C(=O)[C@@H]2[C@H](C(=O)NCc3ccccc3)[C@]3(CC)CCC2(O3)C1C(=O)Nc1cc(C)ccc1C. The summed E-state index contributed by atoms with van der Waals surface area (Å²) >= 11 is 0. The van der Waals surface area contributed by atoms with Gasteiger partial charge in [0.2, 0.25) is 17.7 Å². The molecule has 7 atom stereocenters. The lowest BCUT2D eigenvalue weighted by Crippen LogP contribution is -2.57. The molecule has 3 aliphatic heterocycles. The molecule has 2 bridgehead atoms. The topological polar surface area (TPSA) is 108 Å². The van der Waals surface area contributed by atoms with Crippen molar-refractivity contribution in [3.63, 3.8) is 0 Å². The number of carbonyl (C=O) groups is 3. The molecule has 3 amide bonds. The molecule has 5 rings (SSSR count). The maximum Gasteiger partial charge on any atom is 0.250 e. The Labute approximate surface area is 242 Å². The van der Waals surface area contributed by atoms with Gasteiger partial charge in [-0.25, -0.2) is 0 Å². The molecule has 2 aromatic carbocycles. The second-order valence-electron chi connectivity index (χ2n) is 12.2. The molecule has 3 heterocycles. The summed E-state index contributed by atoms with van der Waals surface area (Å²) in [6, 6.07) is 14.0. The first-order valence-electron chi connectivity index (χ1n) is 15.0. The van der Waals surface area contributed by atoms with Crippen molar-refractivity contribution in [2.45, 2.75) is 90.1 Å². The smallest absolute Gasteiger partial charge is 0.250 e. The van der Waals surface area contributed by atoms with E-state index in [-0.39, 0.29) is 30.2 Å². The summed E-state index contributed by atoms with van der Waals surface area (Å²) in [5, 5.41) is 16.7. The van der Waals surface area contributed by atoms with E-state index in [9.17, 15) is 19.5 Å². The number of anilines is 1. The average molecular weight is 562 g/mol. The molecule has 220 valence electrons. The number of aryl methyl sites for hydroxylation is 2. The molecule has 2 unspecified atom stereocenters. The molecular formula is C33H43N3O5. The van der Waals surface area contributed by atoms with E-state index in [1.54, 1.807) is 4.90 Å². The van der Waals surface area contributed by atoms with Crippen LogP contribution in [0, 0.1) is 31.6 Å². The van der Waals surface area contributed by atoms with E-state index in [2.05, 4.69) is 10.6 Å². The molecule has 0 radical (unpaired) electrons. The van der Waals surface area contributed by atoms with E-state index in [1.165, 1.54) is 0 Å². The van der Waals surface area contributed by atoms with Crippen LogP contribution in [0.15, 0.2) is 48.5 Å². The van der Waals surface area contributed by atoms with Crippen molar-refractivity contribution in [1.82, 2.24) is 10.2 Å². The van der Waals surface area contributed by atoms with Gasteiger partial charge < -0.3 is 25.4 Å². The van der Waals surface area contributed by atoms with Gasteiger partial charge in [-0.3, -0.25) is 14.4 Å². The van der Waals surface area contributed by atoms with Crippen molar-refractivity contribution in [2.24, 2.45) is 17.8 Å². The molecule has 3 fully saturated rings. The van der Waals surface area contributed by atoms with Crippen LogP contribution in [0.25, 0.3) is 0 Å². The van der Waals surface area contributed by atoms with Crippen LogP contribution < -0.4 is 10.6 Å². The van der Waals surface area contributed by atoms with Crippen molar-refractivity contribution in [2.75, 3.05) is 11.9 Å². The van der Waals surface area contributed by atoms with Crippen molar-refractivity contribution < 1.29 is 24.2 Å². The Morgan fingerprint density at radius 2 is 1.83 bits per heavy atom. The van der Waals surface area contributed by atoms with E-state index >= 15 is 0 Å². The monoisotopic (exact) mass is 561 g/mol. The standard InChI is InChI=1S/C33H43N3O5/c1-6-21(4)25(19-37)36-28(30(39)35-24-17-20(3)13-14-22(24)5)33-16-15-32(7-2,41-33)26(27(33)31(36)40)29(38)34-18-23-11-9-8-10-12-23/h8-14,17,21,25-28,37H,6-7,15-16,18-19H2,1-5H3,(H,34,38)(H,35,39)/t21-,25-,26+,27-,28?,32-,33?/m0/s1. The van der Waals surface area contributed by atoms with Gasteiger partial charge >= 0.3 is 0 Å². The molecule has 0 aromatic heterocycles. The zero-order valence-corrected chi connectivity index (χ0v) is 24.8. The van der Waals surface area contributed by atoms with Crippen molar-refractivity contribution in [1.29, 1.82) is 0 Å². The molecule has 3 saturated heterocycles. The highest BCUT2D eigenvalue weighted by Gasteiger charge is 2.79. The molecule has 0 aliphatic carbocycles. The summed E-state index contributed by atoms with van der Waals surface area (Å²) in [4.78, 5) is 44.3. The third-order valence-corrected chi connectivity index (χ3v) is 9.96. The summed E-state index contributed by atoms with van der Waals surface area (Å²) in [5.41, 5.74) is 1.59. The fourth-order valence-electron chi connectivity index (χ4n) is 7.49. The maximum absolute atomic E-state index is 14.5. The van der Waals surface area contributed by atoms with Crippen LogP contribution in [-0.2, 0) is 25.7 Å². The van der Waals surface area contributed by atoms with E-state index in [0.717, 1.165) is 23.1 Å². The second-order valence-corrected chi connectivity index (χ2v) is 12.2. The Hall–Kier alpha value is -3.23. The van der Waals surface area contributed by atoms with Crippen LogP contribution in [0.1, 0.15) is 63.1 Å². The number of hydrogen-bond acceptors (Lipinski definition) is 5. The highest BCUT2D eigenvalue weighted by Crippen LogP contribution is 2.64. The Kier molecular flexibility index (Phi) is 8.01. The first kappa shape index (κ1) is 29.3. The van der Waals surface area contributed by atoms with Crippen LogP contribution >= 0.6 is 0 Å². The Morgan fingerprint density at radius 3 is 2.49 bits per heavy atom. The fourth-order valence-corrected chi connectivity index (χ4v) is 7.49. The number of fused-ring (bicyclic) bond motifs is 1. The number of benzene rings is 2. The quantitative estimate of drug-likeness (QED) is 0.405. The van der Waals surface area contributed by atoms with Crippen molar-refractivity contribution in [3.05, 3.63) is 65.2 Å². The third-order valence-electron chi connectivity index (χ3n) is 9.96. The predicted molar refractivity (Wildman–Crippen MR) is 157 cm³/mol. The van der Waals surface area contributed by atoms with Gasteiger partial charge in [0.25, 0.3) is 0 Å². The first-order chi connectivity index (χ1) is 19.6. The molecule has 0 saturated carbocycles. The fraction of sp³-hybridized carbons (Fsp3) is 0.545. The number of ether oxygens (including phenoxy) is 1. The molecule has 41 heavy (non-hydrogen) atoms. The Bertz CT molecular complexity index is 1320. The van der Waals surface area contributed by atoms with Crippen LogP contribution in [0.4, 0.5) is 5.69 Å². The summed E-state index contributed by atoms with van der Waals surface area (Å²) in [5.74, 6) is -2.43. The first-order valence-corrected chi connectivity index (χ1v) is 15.0. The largest absolute Gasteiger partial charge is 0.394 e. The zero-order chi connectivity index (χ0) is 29.5. The van der Waals surface area contributed by atoms with E-state index < -0.39 is 35.1 Å². The van der Waals surface area contributed by atoms with Gasteiger partial charge in [0, 0.05) is 12.2 Å². The van der Waals surface area contributed by atoms with E-state index in [4.69, 9.17) is 4.74 Å². The van der Waals surface area contributed by atoms with E-state index in [0.29, 0.717) is 31.5 Å². The molecule has 3 N–H and O–H groups in total. The van der Waals surface area contributed by atoms with Gasteiger partial charge in [-0.1, -0.05) is 69.7 Å².